The number of ether oxygens (including phenoxy) is 1. The van der Waals surface area contributed by atoms with Gasteiger partial charge in [-0.1, -0.05) is 18.2 Å². The van der Waals surface area contributed by atoms with Crippen LogP contribution in [-0.2, 0) is 16.4 Å². The minimum Gasteiger partial charge on any atom is -0.496 e. The molecule has 4 aromatic rings. The number of benzene rings is 2. The van der Waals surface area contributed by atoms with Crippen molar-refractivity contribution >= 4 is 21.4 Å². The highest BCUT2D eigenvalue weighted by Crippen LogP contribution is 2.33. The zero-order valence-electron chi connectivity index (χ0n) is 19.1. The molecule has 34 heavy (non-hydrogen) atoms. The van der Waals surface area contributed by atoms with E-state index in [0.29, 0.717) is 23.5 Å². The molecule has 2 aromatic heterocycles. The smallest absolute Gasteiger partial charge is 0.257 e. The fraction of sp³-hybridized carbons (Fsp3) is 0.154. The first-order chi connectivity index (χ1) is 16.3. The van der Waals surface area contributed by atoms with E-state index in [9.17, 15) is 13.2 Å². The molecule has 2 aromatic carbocycles. The second kappa shape index (κ2) is 9.52. The molecular weight excluding hydrogens is 450 g/mol. The van der Waals surface area contributed by atoms with Crippen LogP contribution >= 0.6 is 0 Å². The Kier molecular flexibility index (Phi) is 6.51. The minimum atomic E-state index is -3.31. The lowest BCUT2D eigenvalue weighted by Gasteiger charge is -2.14. The van der Waals surface area contributed by atoms with E-state index in [4.69, 9.17) is 4.74 Å². The van der Waals surface area contributed by atoms with Gasteiger partial charge in [0.25, 0.3) is 5.91 Å². The quantitative estimate of drug-likeness (QED) is 0.423. The predicted molar refractivity (Wildman–Crippen MR) is 132 cm³/mol. The van der Waals surface area contributed by atoms with Crippen molar-refractivity contribution < 1.29 is 17.9 Å². The molecule has 0 fully saturated rings. The van der Waals surface area contributed by atoms with Gasteiger partial charge in [0, 0.05) is 29.4 Å². The number of anilines is 1. The number of nitrogens with zero attached hydrogens (tertiary/aromatic N) is 2. The molecule has 4 rings (SSSR count). The van der Waals surface area contributed by atoms with Gasteiger partial charge in [-0.25, -0.2) is 8.42 Å². The van der Waals surface area contributed by atoms with Crippen molar-refractivity contribution in [1.82, 2.24) is 9.55 Å². The molecule has 1 amide bonds. The van der Waals surface area contributed by atoms with Crippen LogP contribution in [0.1, 0.15) is 21.7 Å². The molecule has 8 heteroatoms. The van der Waals surface area contributed by atoms with E-state index in [1.54, 1.807) is 25.4 Å². The van der Waals surface area contributed by atoms with Crippen molar-refractivity contribution in [2.45, 2.75) is 18.4 Å². The van der Waals surface area contributed by atoms with Crippen molar-refractivity contribution in [1.29, 1.82) is 0 Å². The monoisotopic (exact) mass is 475 g/mol. The number of sulfone groups is 1. The molecule has 0 atom stereocenters. The molecule has 0 bridgehead atoms. The first kappa shape index (κ1) is 23.3. The summed E-state index contributed by atoms with van der Waals surface area (Å²) in [6.45, 7) is 2.37. The summed E-state index contributed by atoms with van der Waals surface area (Å²) in [5, 5.41) is 2.87. The molecule has 0 aliphatic rings. The Bertz CT molecular complexity index is 1430. The highest BCUT2D eigenvalue weighted by molar-refractivity contribution is 7.90. The standard InChI is InChI=1S/C26H25N3O4S/c1-18-23(26(30)28-19-11-13-21(14-12-19)34(3,31)32)16-24(22-9-4-5-10-25(22)33-2)29(18)17-20-8-6-7-15-27-20/h4-16H,17H2,1-3H3,(H,28,30). The normalized spacial score (nSPS) is 11.3. The van der Waals surface area contributed by atoms with Crippen molar-refractivity contribution in [3.63, 3.8) is 0 Å². The van der Waals surface area contributed by atoms with Crippen molar-refractivity contribution in [3.05, 3.63) is 95.9 Å². The summed E-state index contributed by atoms with van der Waals surface area (Å²) in [6.07, 6.45) is 2.89. The number of hydrogen-bond donors (Lipinski definition) is 1. The summed E-state index contributed by atoms with van der Waals surface area (Å²) >= 11 is 0. The van der Waals surface area contributed by atoms with Crippen LogP contribution in [0.5, 0.6) is 5.75 Å². The lowest BCUT2D eigenvalue weighted by molar-refractivity contribution is 0.102. The molecule has 0 unspecified atom stereocenters. The largest absolute Gasteiger partial charge is 0.496 e. The second-order valence-corrected chi connectivity index (χ2v) is 9.90. The van der Waals surface area contributed by atoms with Crippen molar-refractivity contribution in [2.75, 3.05) is 18.7 Å². The molecule has 0 saturated carbocycles. The summed E-state index contributed by atoms with van der Waals surface area (Å²) in [5.41, 5.74) is 4.34. The van der Waals surface area contributed by atoms with Gasteiger partial charge in [-0.05, 0) is 61.5 Å². The third-order valence-electron chi connectivity index (χ3n) is 5.58. The molecule has 2 heterocycles. The number of hydrogen-bond acceptors (Lipinski definition) is 5. The number of nitrogens with one attached hydrogen (secondary N) is 1. The average Bonchev–Trinajstić information content (AvgIpc) is 3.15. The highest BCUT2D eigenvalue weighted by Gasteiger charge is 2.21. The molecular formula is C26H25N3O4S. The van der Waals surface area contributed by atoms with Crippen molar-refractivity contribution in [3.8, 4) is 17.0 Å². The van der Waals surface area contributed by atoms with Crippen LogP contribution in [0, 0.1) is 6.92 Å². The fourth-order valence-corrected chi connectivity index (χ4v) is 4.43. The van der Waals surface area contributed by atoms with Crippen LogP contribution < -0.4 is 10.1 Å². The molecule has 0 radical (unpaired) electrons. The van der Waals surface area contributed by atoms with Crippen LogP contribution in [0.4, 0.5) is 5.69 Å². The molecule has 0 aliphatic heterocycles. The maximum absolute atomic E-state index is 13.2. The number of methoxy groups -OCH3 is 1. The van der Waals surface area contributed by atoms with Gasteiger partial charge in [0.15, 0.2) is 9.84 Å². The lowest BCUT2D eigenvalue weighted by atomic mass is 10.1. The Morgan fingerprint density at radius 3 is 2.38 bits per heavy atom. The van der Waals surface area contributed by atoms with E-state index in [-0.39, 0.29) is 10.8 Å². The van der Waals surface area contributed by atoms with Crippen LogP contribution in [0.3, 0.4) is 0 Å². The van der Waals surface area contributed by atoms with E-state index < -0.39 is 9.84 Å². The molecule has 0 aliphatic carbocycles. The van der Waals surface area contributed by atoms with Gasteiger partial charge in [0.1, 0.15) is 5.75 Å². The zero-order chi connectivity index (χ0) is 24.3. The molecule has 0 spiro atoms. The molecule has 1 N–H and O–H groups in total. The van der Waals surface area contributed by atoms with Gasteiger partial charge in [-0.15, -0.1) is 0 Å². The molecule has 7 nitrogen and oxygen atoms in total. The number of rotatable bonds is 7. The minimum absolute atomic E-state index is 0.196. The maximum atomic E-state index is 13.2. The first-order valence-electron chi connectivity index (χ1n) is 10.6. The van der Waals surface area contributed by atoms with Crippen LogP contribution in [0.25, 0.3) is 11.3 Å². The average molecular weight is 476 g/mol. The zero-order valence-corrected chi connectivity index (χ0v) is 20.0. The van der Waals surface area contributed by atoms with Crippen LogP contribution in [-0.4, -0.2) is 37.2 Å². The Hall–Kier alpha value is -3.91. The van der Waals surface area contributed by atoms with Gasteiger partial charge in [0.2, 0.25) is 0 Å². The van der Waals surface area contributed by atoms with Gasteiger partial charge < -0.3 is 14.6 Å². The Labute approximate surface area is 199 Å². The topological polar surface area (TPSA) is 90.3 Å². The summed E-state index contributed by atoms with van der Waals surface area (Å²) in [6, 6.07) is 21.3. The number of para-hydroxylation sites is 1. The van der Waals surface area contributed by atoms with Gasteiger partial charge >= 0.3 is 0 Å². The van der Waals surface area contributed by atoms with Gasteiger partial charge in [-0.3, -0.25) is 9.78 Å². The van der Waals surface area contributed by atoms with E-state index in [0.717, 1.165) is 28.9 Å². The first-order valence-corrected chi connectivity index (χ1v) is 12.5. The maximum Gasteiger partial charge on any atom is 0.257 e. The van der Waals surface area contributed by atoms with Crippen molar-refractivity contribution in [2.24, 2.45) is 0 Å². The number of amides is 1. The van der Waals surface area contributed by atoms with E-state index in [1.807, 2.05) is 60.0 Å². The summed E-state index contributed by atoms with van der Waals surface area (Å²) in [4.78, 5) is 17.9. The van der Waals surface area contributed by atoms with E-state index in [1.165, 1.54) is 12.1 Å². The highest BCUT2D eigenvalue weighted by atomic mass is 32.2. The second-order valence-electron chi connectivity index (χ2n) is 7.89. The Morgan fingerprint density at radius 2 is 1.74 bits per heavy atom. The Morgan fingerprint density at radius 1 is 1.03 bits per heavy atom. The number of carbonyl (C=O) groups is 1. The van der Waals surface area contributed by atoms with Gasteiger partial charge in [-0.2, -0.15) is 0 Å². The van der Waals surface area contributed by atoms with E-state index in [2.05, 4.69) is 10.3 Å². The van der Waals surface area contributed by atoms with Gasteiger partial charge in [0.05, 0.1) is 35.5 Å². The predicted octanol–water partition coefficient (Wildman–Crippen LogP) is 4.57. The van der Waals surface area contributed by atoms with E-state index >= 15 is 0 Å². The molecule has 174 valence electrons. The van der Waals surface area contributed by atoms with Crippen LogP contribution in [0.2, 0.25) is 0 Å². The Balaban J connectivity index is 1.73. The third-order valence-corrected chi connectivity index (χ3v) is 6.71. The number of aromatic nitrogens is 2. The van der Waals surface area contributed by atoms with Crippen LogP contribution in [0.15, 0.2) is 83.9 Å². The lowest BCUT2D eigenvalue weighted by Crippen LogP contribution is -2.14. The summed E-state index contributed by atoms with van der Waals surface area (Å²) in [5.74, 6) is 0.408. The number of pyridine rings is 1. The fourth-order valence-electron chi connectivity index (χ4n) is 3.80. The number of carbonyl (C=O) groups excluding carboxylic acids is 1. The molecule has 0 saturated heterocycles. The SMILES string of the molecule is COc1ccccc1-c1cc(C(=O)Nc2ccc(S(C)(=O)=O)cc2)c(C)n1Cc1ccccn1. The third kappa shape index (κ3) is 4.87. The summed E-state index contributed by atoms with van der Waals surface area (Å²) in [7, 11) is -1.69. The summed E-state index contributed by atoms with van der Waals surface area (Å²) < 4.78 is 31.0.